The molecule has 3 aliphatic rings. The predicted octanol–water partition coefficient (Wildman–Crippen LogP) is 4.64. The van der Waals surface area contributed by atoms with E-state index in [1.807, 2.05) is 23.4 Å². The van der Waals surface area contributed by atoms with Gasteiger partial charge in [0.15, 0.2) is 0 Å². The van der Waals surface area contributed by atoms with E-state index >= 15 is 0 Å². The van der Waals surface area contributed by atoms with E-state index in [-0.39, 0.29) is 11.7 Å². The molecule has 1 spiro atoms. The minimum absolute atomic E-state index is 0.181. The molecule has 1 amide bonds. The summed E-state index contributed by atoms with van der Waals surface area (Å²) in [6, 6.07) is 7.83. The molecule has 170 valence electrons. The predicted molar refractivity (Wildman–Crippen MR) is 120 cm³/mol. The van der Waals surface area contributed by atoms with Gasteiger partial charge in [0.05, 0.1) is 47.7 Å². The Hall–Kier alpha value is -2.59. The molecule has 0 N–H and O–H groups in total. The van der Waals surface area contributed by atoms with Gasteiger partial charge in [-0.15, -0.1) is 0 Å². The second-order valence-corrected chi connectivity index (χ2v) is 9.92. The third-order valence-electron chi connectivity index (χ3n) is 7.71. The summed E-state index contributed by atoms with van der Waals surface area (Å²) < 4.78 is 14.4. The number of fused-ring (bicyclic) bond motifs is 1. The van der Waals surface area contributed by atoms with Crippen molar-refractivity contribution < 1.29 is 14.3 Å². The first-order valence-electron chi connectivity index (χ1n) is 12.0. The molecule has 32 heavy (non-hydrogen) atoms. The smallest absolute Gasteiger partial charge is 0.410 e. The van der Waals surface area contributed by atoms with Crippen LogP contribution in [0, 0.1) is 17.2 Å². The Morgan fingerprint density at radius 3 is 2.97 bits per heavy atom. The number of aromatic nitrogens is 2. The summed E-state index contributed by atoms with van der Waals surface area (Å²) in [5.74, 6) is 0.408. The first-order chi connectivity index (χ1) is 15.5. The van der Waals surface area contributed by atoms with Crippen molar-refractivity contribution in [3.63, 3.8) is 0 Å². The first kappa shape index (κ1) is 21.3. The van der Waals surface area contributed by atoms with Gasteiger partial charge >= 0.3 is 6.09 Å². The normalized spacial score (nSPS) is 30.6. The summed E-state index contributed by atoms with van der Waals surface area (Å²) in [6.45, 7) is 5.07. The number of nitriles is 1. The highest BCUT2D eigenvalue weighted by Gasteiger charge is 2.50. The van der Waals surface area contributed by atoms with Gasteiger partial charge in [-0.2, -0.15) is 5.26 Å². The lowest BCUT2D eigenvalue weighted by molar-refractivity contribution is -0.0913. The first-order valence-corrected chi connectivity index (χ1v) is 12.0. The monoisotopic (exact) mass is 436 g/mol. The Balaban J connectivity index is 1.29. The van der Waals surface area contributed by atoms with Crippen LogP contribution in [0.5, 0.6) is 0 Å². The van der Waals surface area contributed by atoms with E-state index in [1.165, 1.54) is 0 Å². The van der Waals surface area contributed by atoms with E-state index < -0.39 is 5.60 Å². The molecular weight excluding hydrogens is 404 g/mol. The summed E-state index contributed by atoms with van der Waals surface area (Å²) in [7, 11) is 0. The van der Waals surface area contributed by atoms with Gasteiger partial charge in [-0.25, -0.2) is 9.78 Å². The second kappa shape index (κ2) is 8.40. The van der Waals surface area contributed by atoms with E-state index in [1.54, 1.807) is 6.07 Å². The molecule has 2 aliphatic heterocycles. The topological polar surface area (TPSA) is 80.4 Å². The van der Waals surface area contributed by atoms with Crippen LogP contribution in [0.3, 0.4) is 0 Å². The van der Waals surface area contributed by atoms with Crippen LogP contribution in [0.4, 0.5) is 4.79 Å². The number of carbonyl (C=O) groups is 1. The van der Waals surface area contributed by atoms with Gasteiger partial charge in [-0.1, -0.05) is 6.92 Å². The molecule has 1 aliphatic carbocycles. The van der Waals surface area contributed by atoms with Crippen molar-refractivity contribution in [1.29, 1.82) is 5.26 Å². The van der Waals surface area contributed by atoms with Crippen LogP contribution in [-0.4, -0.2) is 51.4 Å². The Kier molecular flexibility index (Phi) is 5.58. The number of carbonyl (C=O) groups excluding carboxylic acids is 1. The van der Waals surface area contributed by atoms with Crippen LogP contribution in [0.25, 0.3) is 11.0 Å². The van der Waals surface area contributed by atoms with Gasteiger partial charge in [0.2, 0.25) is 0 Å². The molecule has 7 heteroatoms. The van der Waals surface area contributed by atoms with Crippen LogP contribution < -0.4 is 0 Å². The van der Waals surface area contributed by atoms with Crippen LogP contribution in [0.2, 0.25) is 0 Å². The molecule has 5 rings (SSSR count). The van der Waals surface area contributed by atoms with Crippen molar-refractivity contribution in [2.75, 3.05) is 19.7 Å². The van der Waals surface area contributed by atoms with Crippen molar-refractivity contribution in [3.8, 4) is 6.07 Å². The minimum Gasteiger partial charge on any atom is -0.441 e. The Bertz CT molecular complexity index is 1040. The molecule has 1 aromatic carbocycles. The van der Waals surface area contributed by atoms with Gasteiger partial charge in [0.1, 0.15) is 5.60 Å². The zero-order valence-corrected chi connectivity index (χ0v) is 18.9. The Morgan fingerprint density at radius 2 is 2.19 bits per heavy atom. The highest BCUT2D eigenvalue weighted by molar-refractivity contribution is 5.77. The van der Waals surface area contributed by atoms with Crippen molar-refractivity contribution in [2.45, 2.75) is 76.0 Å². The molecule has 7 nitrogen and oxygen atoms in total. The average molecular weight is 437 g/mol. The molecule has 0 radical (unpaired) electrons. The van der Waals surface area contributed by atoms with Crippen molar-refractivity contribution in [3.05, 3.63) is 30.1 Å². The van der Waals surface area contributed by atoms with Gasteiger partial charge in [0.25, 0.3) is 0 Å². The third kappa shape index (κ3) is 3.97. The molecule has 3 atom stereocenters. The Labute approximate surface area is 189 Å². The van der Waals surface area contributed by atoms with Crippen molar-refractivity contribution >= 4 is 17.1 Å². The lowest BCUT2D eigenvalue weighted by atomic mass is 9.77. The number of nitrogens with zero attached hydrogens (tertiary/aromatic N) is 4. The quantitative estimate of drug-likeness (QED) is 0.682. The molecule has 3 heterocycles. The van der Waals surface area contributed by atoms with Gasteiger partial charge < -0.3 is 18.9 Å². The molecule has 1 unspecified atom stereocenters. The fourth-order valence-electron chi connectivity index (χ4n) is 5.97. The Morgan fingerprint density at radius 1 is 1.28 bits per heavy atom. The lowest BCUT2D eigenvalue weighted by Gasteiger charge is -2.39. The van der Waals surface area contributed by atoms with Gasteiger partial charge in [-0.05, 0) is 75.5 Å². The fraction of sp³-hybridized carbons (Fsp3) is 0.640. The summed E-state index contributed by atoms with van der Waals surface area (Å²) in [5, 5.41) is 9.25. The van der Waals surface area contributed by atoms with E-state index in [0.29, 0.717) is 24.6 Å². The molecular formula is C25H32N4O3. The van der Waals surface area contributed by atoms with E-state index in [4.69, 9.17) is 9.47 Å². The summed E-state index contributed by atoms with van der Waals surface area (Å²) >= 11 is 0. The number of benzene rings is 1. The zero-order chi connectivity index (χ0) is 22.2. The van der Waals surface area contributed by atoms with Crippen molar-refractivity contribution in [2.24, 2.45) is 5.92 Å². The van der Waals surface area contributed by atoms with Gasteiger partial charge in [-0.3, -0.25) is 0 Å². The lowest BCUT2D eigenvalue weighted by Crippen LogP contribution is -2.48. The van der Waals surface area contributed by atoms with Crippen LogP contribution in [0.1, 0.15) is 63.9 Å². The average Bonchev–Trinajstić information content (AvgIpc) is 3.34. The molecule has 1 saturated carbocycles. The number of hydrogen-bond acceptors (Lipinski definition) is 5. The van der Waals surface area contributed by atoms with E-state index in [9.17, 15) is 10.1 Å². The molecule has 1 aromatic heterocycles. The molecule has 2 aromatic rings. The minimum atomic E-state index is -0.391. The van der Waals surface area contributed by atoms with Crippen LogP contribution in [0.15, 0.2) is 24.5 Å². The van der Waals surface area contributed by atoms with Crippen LogP contribution in [-0.2, 0) is 16.0 Å². The standard InChI is InChI=1S/C25H32N4O3/c1-2-24(9-3-4-11-31-24)16-29-17-25(32-23(29)30)10-5-6-20(13-25)15-28-18-27-21-8-7-19(14-26)12-22(21)28/h7-8,12,18,20H,2-6,9-11,13,15-17H2,1H3/t20-,24?,25-/m0/s1. The summed E-state index contributed by atoms with van der Waals surface area (Å²) in [6.07, 6.45) is 9.85. The maximum atomic E-state index is 12.9. The number of ether oxygens (including phenoxy) is 2. The largest absolute Gasteiger partial charge is 0.441 e. The molecule has 2 saturated heterocycles. The highest BCUT2D eigenvalue weighted by Crippen LogP contribution is 2.42. The van der Waals surface area contributed by atoms with Crippen molar-refractivity contribution in [1.82, 2.24) is 14.5 Å². The number of imidazole rings is 1. The summed E-state index contributed by atoms with van der Waals surface area (Å²) in [5.41, 5.74) is 1.94. The van der Waals surface area contributed by atoms with Crippen LogP contribution >= 0.6 is 0 Å². The number of rotatable bonds is 5. The number of hydrogen-bond donors (Lipinski definition) is 0. The SMILES string of the molecule is CCC1(CN2C[C@@]3(CCC[C@H](Cn4cnc5ccc(C#N)cc54)C3)OC2=O)CCCCO1. The van der Waals surface area contributed by atoms with E-state index in [0.717, 1.165) is 75.6 Å². The maximum absolute atomic E-state index is 12.9. The highest BCUT2D eigenvalue weighted by atomic mass is 16.6. The second-order valence-electron chi connectivity index (χ2n) is 9.92. The molecule has 3 fully saturated rings. The van der Waals surface area contributed by atoms with E-state index in [2.05, 4.69) is 22.5 Å². The fourth-order valence-corrected chi connectivity index (χ4v) is 5.97. The molecule has 0 bridgehead atoms. The van der Waals surface area contributed by atoms with Gasteiger partial charge in [0, 0.05) is 13.2 Å². The third-order valence-corrected chi connectivity index (χ3v) is 7.71. The number of amides is 1. The summed E-state index contributed by atoms with van der Waals surface area (Å²) in [4.78, 5) is 19.3. The zero-order valence-electron chi connectivity index (χ0n) is 18.9. The maximum Gasteiger partial charge on any atom is 0.410 e.